The van der Waals surface area contributed by atoms with E-state index in [1.54, 1.807) is 2.89 Å². The van der Waals surface area contributed by atoms with E-state index < -0.39 is 18.4 Å². The minimum absolute atomic E-state index is 0.926. The third-order valence-corrected chi connectivity index (χ3v) is 15.7. The van der Waals surface area contributed by atoms with Crippen molar-refractivity contribution in [3.63, 3.8) is 0 Å². The number of nitrogens with zero attached hydrogens (tertiary/aromatic N) is 4. The molecule has 0 aliphatic carbocycles. The number of thiophene rings is 1. The molecule has 0 spiro atoms. The van der Waals surface area contributed by atoms with Crippen LogP contribution in [0.4, 0.5) is 5.82 Å². The molecule has 4 heterocycles. The summed E-state index contributed by atoms with van der Waals surface area (Å²) in [5.41, 5.74) is 3.26. The molecule has 3 aromatic heterocycles. The van der Waals surface area contributed by atoms with Crippen LogP contribution in [-0.4, -0.2) is 63.8 Å². The molecule has 1 aliphatic rings. The third-order valence-electron chi connectivity index (χ3n) is 5.19. The van der Waals surface area contributed by atoms with E-state index in [1.807, 2.05) is 17.5 Å². The Morgan fingerprint density at radius 1 is 1.19 bits per heavy atom. The van der Waals surface area contributed by atoms with Crippen LogP contribution in [0.1, 0.15) is 25.0 Å². The molecule has 7 heteroatoms. The maximum absolute atomic E-state index is 4.96. The number of aryl methyl sites for hydroxylation is 1. The standard InChI is InChI=1S/C16H20N5S.3CH3.Sn/c1-12-11-18-15-14(17-6-9-20-7-3-2-4-8-20)19-13-5-10-22-16(13)21(12)15;;;;/h5,11H,2-4,6-9H2,1H3,(H,17,19);3*1H3;. The van der Waals surface area contributed by atoms with Crippen molar-refractivity contribution >= 4 is 54.4 Å². The Bertz CT molecular complexity index is 917. The average Bonchev–Trinajstić information content (AvgIpc) is 3.19. The molecule has 0 amide bonds. The van der Waals surface area contributed by atoms with Crippen LogP contribution in [0.2, 0.25) is 14.8 Å². The fraction of sp³-hybridized carbons (Fsp3) is 0.579. The van der Waals surface area contributed by atoms with Gasteiger partial charge >= 0.3 is 164 Å². The molecule has 0 unspecified atom stereocenters. The van der Waals surface area contributed by atoms with E-state index in [2.05, 4.69) is 47.4 Å². The molecule has 0 aromatic carbocycles. The predicted octanol–water partition coefficient (Wildman–Crippen LogP) is 3.70. The van der Waals surface area contributed by atoms with Crippen molar-refractivity contribution < 1.29 is 0 Å². The summed E-state index contributed by atoms with van der Waals surface area (Å²) in [6.45, 7) is 6.61. The van der Waals surface area contributed by atoms with Gasteiger partial charge in [-0.3, -0.25) is 0 Å². The third kappa shape index (κ3) is 3.60. The molecule has 140 valence electrons. The zero-order valence-electron chi connectivity index (χ0n) is 16.3. The number of likely N-dealkylation sites (tertiary alicyclic amines) is 1. The van der Waals surface area contributed by atoms with Crippen molar-refractivity contribution in [3.8, 4) is 0 Å². The molecule has 1 aliphatic heterocycles. The van der Waals surface area contributed by atoms with E-state index in [4.69, 9.17) is 4.98 Å². The van der Waals surface area contributed by atoms with E-state index in [0.717, 1.165) is 30.1 Å². The molecule has 1 saturated heterocycles. The van der Waals surface area contributed by atoms with Gasteiger partial charge < -0.3 is 0 Å². The molecule has 0 bridgehead atoms. The van der Waals surface area contributed by atoms with Crippen LogP contribution < -0.4 is 8.21 Å². The summed E-state index contributed by atoms with van der Waals surface area (Å²) in [5.74, 6) is 0.927. The van der Waals surface area contributed by atoms with Crippen LogP contribution in [0.3, 0.4) is 0 Å². The summed E-state index contributed by atoms with van der Waals surface area (Å²) >= 11 is -0.181. The number of rotatable bonds is 5. The minimum atomic E-state index is -2.11. The molecule has 4 rings (SSSR count). The van der Waals surface area contributed by atoms with E-state index in [1.165, 1.54) is 42.9 Å². The first-order valence-corrected chi connectivity index (χ1v) is 20.5. The van der Waals surface area contributed by atoms with Crippen molar-refractivity contribution in [2.24, 2.45) is 0 Å². The van der Waals surface area contributed by atoms with Gasteiger partial charge in [-0.25, -0.2) is 0 Å². The summed E-state index contributed by atoms with van der Waals surface area (Å²) in [6.07, 6.45) is 6.02. The molecular weight excluding hydrogens is 449 g/mol. The normalized spacial score (nSPS) is 16.6. The second-order valence-corrected chi connectivity index (χ2v) is 24.8. The second-order valence-electron chi connectivity index (χ2n) is 8.40. The Kier molecular flexibility index (Phi) is 5.18. The van der Waals surface area contributed by atoms with E-state index >= 15 is 0 Å². The number of nitrogens with one attached hydrogen (secondary N) is 1. The van der Waals surface area contributed by atoms with Gasteiger partial charge in [0.05, 0.1) is 0 Å². The summed E-state index contributed by atoms with van der Waals surface area (Å²) < 4.78 is 3.86. The monoisotopic (exact) mass is 479 g/mol. The SMILES string of the molecule is Cc1cnc2c(NCCN3CCCCC3)nc3c[c]([Sn]([CH3])([CH3])[CH3])sc3n12. The Morgan fingerprint density at radius 2 is 1.96 bits per heavy atom. The van der Waals surface area contributed by atoms with Gasteiger partial charge in [-0.05, 0) is 0 Å². The Balaban J connectivity index is 1.65. The van der Waals surface area contributed by atoms with Gasteiger partial charge in [0.1, 0.15) is 0 Å². The Hall–Kier alpha value is -0.861. The van der Waals surface area contributed by atoms with E-state index in [0.29, 0.717) is 0 Å². The zero-order valence-corrected chi connectivity index (χ0v) is 20.0. The number of imidazole rings is 1. The summed E-state index contributed by atoms with van der Waals surface area (Å²) in [6, 6.07) is 2.34. The maximum atomic E-state index is 4.96. The molecule has 1 N–H and O–H groups in total. The fourth-order valence-corrected chi connectivity index (χ4v) is 9.94. The summed E-state index contributed by atoms with van der Waals surface area (Å²) in [4.78, 5) is 20.8. The van der Waals surface area contributed by atoms with E-state index in [9.17, 15) is 0 Å². The predicted molar refractivity (Wildman–Crippen MR) is 115 cm³/mol. The van der Waals surface area contributed by atoms with Crippen molar-refractivity contribution in [3.05, 3.63) is 18.0 Å². The van der Waals surface area contributed by atoms with Crippen molar-refractivity contribution in [2.75, 3.05) is 31.5 Å². The number of fused-ring (bicyclic) bond motifs is 3. The number of piperidine rings is 1. The van der Waals surface area contributed by atoms with Gasteiger partial charge in [-0.15, -0.1) is 0 Å². The fourth-order valence-electron chi connectivity index (χ4n) is 3.65. The number of anilines is 1. The first kappa shape index (κ1) is 18.5. The molecule has 1 fully saturated rings. The molecular formula is C19H29N5SSn. The van der Waals surface area contributed by atoms with Crippen molar-refractivity contribution in [1.29, 1.82) is 0 Å². The summed E-state index contributed by atoms with van der Waals surface area (Å²) in [5, 5.41) is 3.57. The summed E-state index contributed by atoms with van der Waals surface area (Å²) in [7, 11) is 0. The average molecular weight is 478 g/mol. The van der Waals surface area contributed by atoms with Crippen molar-refractivity contribution in [2.45, 2.75) is 41.0 Å². The number of hydrogen-bond acceptors (Lipinski definition) is 5. The van der Waals surface area contributed by atoms with Gasteiger partial charge in [0.15, 0.2) is 0 Å². The van der Waals surface area contributed by atoms with Gasteiger partial charge in [-0.2, -0.15) is 0 Å². The second kappa shape index (κ2) is 7.28. The molecule has 3 aromatic rings. The van der Waals surface area contributed by atoms with Crippen LogP contribution in [0.15, 0.2) is 12.3 Å². The first-order chi connectivity index (χ1) is 12.4. The van der Waals surface area contributed by atoms with Gasteiger partial charge in [0, 0.05) is 0 Å². The van der Waals surface area contributed by atoms with Crippen LogP contribution >= 0.6 is 11.3 Å². The van der Waals surface area contributed by atoms with Crippen LogP contribution in [0.5, 0.6) is 0 Å². The molecule has 0 atom stereocenters. The van der Waals surface area contributed by atoms with Crippen LogP contribution in [0, 0.1) is 6.92 Å². The van der Waals surface area contributed by atoms with Crippen LogP contribution in [-0.2, 0) is 0 Å². The quantitative estimate of drug-likeness (QED) is 0.569. The number of aromatic nitrogens is 3. The van der Waals surface area contributed by atoms with Gasteiger partial charge in [0.2, 0.25) is 0 Å². The molecule has 0 saturated carbocycles. The van der Waals surface area contributed by atoms with Gasteiger partial charge in [-0.1, -0.05) is 0 Å². The van der Waals surface area contributed by atoms with Crippen molar-refractivity contribution in [1.82, 2.24) is 19.3 Å². The van der Waals surface area contributed by atoms with Gasteiger partial charge in [0.25, 0.3) is 0 Å². The molecule has 26 heavy (non-hydrogen) atoms. The Morgan fingerprint density at radius 3 is 2.69 bits per heavy atom. The number of hydrogen-bond donors (Lipinski definition) is 1. The zero-order chi connectivity index (χ0) is 18.3. The molecule has 0 radical (unpaired) electrons. The van der Waals surface area contributed by atoms with Crippen LogP contribution in [0.25, 0.3) is 16.0 Å². The molecule has 5 nitrogen and oxygen atoms in total. The topological polar surface area (TPSA) is 45.5 Å². The first-order valence-electron chi connectivity index (χ1n) is 9.68. The Labute approximate surface area is 163 Å². The van der Waals surface area contributed by atoms with E-state index in [-0.39, 0.29) is 0 Å².